The first-order valence-corrected chi connectivity index (χ1v) is 30.0. The Morgan fingerprint density at radius 2 is 1.15 bits per heavy atom. The third kappa shape index (κ3) is 13.8. The van der Waals surface area contributed by atoms with Gasteiger partial charge in [0.2, 0.25) is 5.91 Å². The van der Waals surface area contributed by atoms with Gasteiger partial charge in [0.25, 0.3) is 0 Å². The number of carbonyl (C=O) groups is 3. The summed E-state index contributed by atoms with van der Waals surface area (Å²) in [6.45, 7) is 5.65. The van der Waals surface area contributed by atoms with E-state index in [1.807, 2.05) is 23.1 Å². The van der Waals surface area contributed by atoms with E-state index in [9.17, 15) is 19.2 Å². The van der Waals surface area contributed by atoms with Crippen molar-refractivity contribution >= 4 is 79.1 Å². The van der Waals surface area contributed by atoms with E-state index >= 15 is 0 Å². The molecular weight excluding hydrogens is 961 g/mol. The van der Waals surface area contributed by atoms with E-state index in [4.69, 9.17) is 32.0 Å². The summed E-state index contributed by atoms with van der Waals surface area (Å²) in [6, 6.07) is 43.2. The van der Waals surface area contributed by atoms with Crippen molar-refractivity contribution in [2.75, 3.05) is 37.7 Å². The van der Waals surface area contributed by atoms with E-state index in [2.05, 4.69) is 85.0 Å². The van der Waals surface area contributed by atoms with E-state index in [-0.39, 0.29) is 23.3 Å². The molecule has 0 saturated carbocycles. The van der Waals surface area contributed by atoms with Crippen molar-refractivity contribution in [2.24, 2.45) is 0 Å². The van der Waals surface area contributed by atoms with Gasteiger partial charge < -0.3 is 14.5 Å². The Balaban J connectivity index is 0.864. The zero-order chi connectivity index (χ0) is 50.8. The second-order valence-corrected chi connectivity index (χ2v) is 26.4. The Bertz CT molecular complexity index is 2670. The van der Waals surface area contributed by atoms with Crippen LogP contribution < -0.4 is 31.6 Å². The largest absolute Gasteiger partial charge is 0.0836 e. The molecule has 3 amide bonds. The summed E-state index contributed by atoms with van der Waals surface area (Å²) >= 11 is 15.0. The SMILES string of the molecule is CCCCCCCCCCCCCC(=O)Nc1ccc(-c2cc(=O)oc3cc(O[C@H](C)C(=O)N4CCN(C(=O)CCCCCP(Cl)(c5ccccc5)(c5ccccc5)c5ccccc5)CC4)ccc23)c(Cl)c1. The van der Waals surface area contributed by atoms with Crippen LogP contribution in [0.15, 0.2) is 143 Å². The van der Waals surface area contributed by atoms with Crippen LogP contribution in [0.2, 0.25) is 5.02 Å². The van der Waals surface area contributed by atoms with E-state index in [0.717, 1.165) is 60.6 Å². The topological polar surface area (TPSA) is 109 Å². The van der Waals surface area contributed by atoms with Gasteiger partial charge in [-0.1, -0.05) is 88.8 Å². The maximum Gasteiger partial charge on any atom is 0.0505 e. The van der Waals surface area contributed by atoms with Gasteiger partial charge in [-0.2, -0.15) is 0 Å². The van der Waals surface area contributed by atoms with Crippen LogP contribution in [-0.2, 0) is 14.4 Å². The molecule has 9 nitrogen and oxygen atoms in total. The molecule has 0 radical (unpaired) electrons. The van der Waals surface area contributed by atoms with E-state index in [0.29, 0.717) is 72.0 Å². The van der Waals surface area contributed by atoms with Crippen molar-refractivity contribution in [2.45, 2.75) is 123 Å². The molecule has 5 aromatic carbocycles. The number of halogens is 2. The van der Waals surface area contributed by atoms with Gasteiger partial charge in [-0.05, 0) is 37.6 Å². The number of hydrogen-bond donors (Lipinski definition) is 1. The number of hydrogen-bond acceptors (Lipinski definition) is 6. The van der Waals surface area contributed by atoms with Crippen molar-refractivity contribution < 1.29 is 23.5 Å². The molecule has 12 heteroatoms. The number of amides is 3. The molecule has 1 atom stereocenters. The molecule has 2 heterocycles. The average Bonchev–Trinajstić information content (AvgIpc) is 3.40. The Morgan fingerprint density at radius 3 is 1.72 bits per heavy atom. The fourth-order valence-electron chi connectivity index (χ4n) is 10.2. The summed E-state index contributed by atoms with van der Waals surface area (Å²) in [5.41, 5.74) is 1.51. The predicted octanol–water partition coefficient (Wildman–Crippen LogP) is 13.4. The molecule has 72 heavy (non-hydrogen) atoms. The fourth-order valence-corrected chi connectivity index (χ4v) is 16.7. The number of piperazine rings is 1. The molecular formula is C60H72Cl2N3O6P. The molecule has 0 bridgehead atoms. The Morgan fingerprint density at radius 1 is 0.625 bits per heavy atom. The van der Waals surface area contributed by atoms with Crippen molar-refractivity contribution in [3.8, 4) is 16.9 Å². The summed E-state index contributed by atoms with van der Waals surface area (Å²) in [7, 11) is 0. The van der Waals surface area contributed by atoms with Gasteiger partial charge in [-0.3, -0.25) is 4.79 Å². The second kappa shape index (κ2) is 26.5. The van der Waals surface area contributed by atoms with Crippen LogP contribution in [0.3, 0.4) is 0 Å². The molecule has 0 spiro atoms. The number of anilines is 1. The number of fused-ring (bicyclic) bond motifs is 1. The quantitative estimate of drug-likeness (QED) is 0.0329. The first-order chi connectivity index (χ1) is 35.0. The monoisotopic (exact) mass is 1030 g/mol. The van der Waals surface area contributed by atoms with Gasteiger partial charge >= 0.3 is 225 Å². The summed E-state index contributed by atoms with van der Waals surface area (Å²) in [4.78, 5) is 56.3. The van der Waals surface area contributed by atoms with Crippen LogP contribution in [0.5, 0.6) is 5.75 Å². The normalized spacial score (nSPS) is 13.9. The minimum absolute atomic E-state index is 0.0484. The Labute approximate surface area is 436 Å². The summed E-state index contributed by atoms with van der Waals surface area (Å²) < 4.78 is 11.7. The van der Waals surface area contributed by atoms with Crippen LogP contribution in [0, 0.1) is 0 Å². The number of benzene rings is 5. The Kier molecular flexibility index (Phi) is 20.0. The molecule has 1 saturated heterocycles. The predicted molar refractivity (Wildman–Crippen MR) is 300 cm³/mol. The fraction of sp³-hybridized carbons (Fsp3) is 0.400. The summed E-state index contributed by atoms with van der Waals surface area (Å²) in [5, 5.41) is 7.41. The van der Waals surface area contributed by atoms with Crippen LogP contribution >= 0.6 is 28.8 Å². The molecule has 1 N–H and O–H groups in total. The average molecular weight is 1030 g/mol. The summed E-state index contributed by atoms with van der Waals surface area (Å²) in [6.07, 6.45) is 16.8. The van der Waals surface area contributed by atoms with Gasteiger partial charge in [0, 0.05) is 40.8 Å². The van der Waals surface area contributed by atoms with Crippen LogP contribution in [0.4, 0.5) is 5.69 Å². The van der Waals surface area contributed by atoms with Gasteiger partial charge in [0.1, 0.15) is 11.3 Å². The van der Waals surface area contributed by atoms with Gasteiger partial charge in [0.15, 0.2) is 0 Å². The molecule has 1 aromatic heterocycles. The minimum atomic E-state index is -3.35. The molecule has 382 valence electrons. The number of nitrogens with one attached hydrogen (secondary N) is 1. The number of ether oxygens (including phenoxy) is 1. The third-order valence-electron chi connectivity index (χ3n) is 14.2. The molecule has 1 fully saturated rings. The number of carbonyl (C=O) groups excluding carboxylic acids is 3. The molecule has 6 aromatic rings. The van der Waals surface area contributed by atoms with E-state index in [1.165, 1.54) is 57.4 Å². The number of nitrogens with zero attached hydrogens (tertiary/aromatic N) is 2. The smallest absolute Gasteiger partial charge is 0.0505 e. The third-order valence-corrected chi connectivity index (χ3v) is 22.1. The van der Waals surface area contributed by atoms with Crippen LogP contribution in [0.1, 0.15) is 117 Å². The summed E-state index contributed by atoms with van der Waals surface area (Å²) in [5.74, 6) is -3.13. The maximum absolute atomic E-state index is 13.6. The molecule has 0 unspecified atom stereocenters. The zero-order valence-corrected chi connectivity index (χ0v) is 44.6. The standard InChI is InChI=1S/C60H72Cl2N3O6P/c1-3-4-5-6-7-8-9-10-11-12-23-32-57(66)63-47-34-36-52(55(61)43-47)54-45-59(68)71-56-44-48(35-37-53(54)56)70-46(2)60(69)65-40-38-64(39-41-65)58(67)33-24-16-25-42-72(62,49-26-17-13-18-27-49,50-28-19-14-20-29-50)51-30-21-15-22-31-51/h13-15,17-22,26-31,34-37,43-46H,3-12,16,23-25,32-33,38-42H2,1-2H3,(H,63,66)/t46-/m1/s1. The van der Waals surface area contributed by atoms with Crippen LogP contribution in [0.25, 0.3) is 22.1 Å². The van der Waals surface area contributed by atoms with Crippen LogP contribution in [-0.4, -0.2) is 66.0 Å². The molecule has 1 aliphatic rings. The minimum Gasteiger partial charge on any atom is -0.0836 e. The van der Waals surface area contributed by atoms with Crippen molar-refractivity contribution in [1.82, 2.24) is 9.80 Å². The van der Waals surface area contributed by atoms with Gasteiger partial charge in [0.05, 0.1) is 5.02 Å². The first-order valence-electron chi connectivity index (χ1n) is 26.3. The van der Waals surface area contributed by atoms with E-state index in [1.54, 1.807) is 48.2 Å². The second-order valence-electron chi connectivity index (χ2n) is 19.4. The van der Waals surface area contributed by atoms with E-state index < -0.39 is 17.7 Å². The first kappa shape index (κ1) is 54.3. The number of rotatable bonds is 26. The van der Waals surface area contributed by atoms with Crippen molar-refractivity contribution in [1.29, 1.82) is 0 Å². The van der Waals surface area contributed by atoms with Crippen molar-refractivity contribution in [3.63, 3.8) is 0 Å². The van der Waals surface area contributed by atoms with Gasteiger partial charge in [-0.25, -0.2) is 4.79 Å². The molecule has 7 rings (SSSR count). The maximum atomic E-state index is 13.6. The van der Waals surface area contributed by atoms with Gasteiger partial charge in [-0.15, -0.1) is 0 Å². The van der Waals surface area contributed by atoms with Crippen molar-refractivity contribution in [3.05, 3.63) is 149 Å². The molecule has 0 aliphatic carbocycles. The zero-order valence-electron chi connectivity index (χ0n) is 42.2. The number of unbranched alkanes of at least 4 members (excludes halogenated alkanes) is 12. The molecule has 1 aliphatic heterocycles. The Hall–Kier alpha value is -5.47.